The van der Waals surface area contributed by atoms with Gasteiger partial charge >= 0.3 is 0 Å². The Morgan fingerprint density at radius 3 is 2.04 bits per heavy atom. The van der Waals surface area contributed by atoms with Crippen molar-refractivity contribution in [3.05, 3.63) is 160 Å². The zero-order chi connectivity index (χ0) is 37.8. The molecule has 0 radical (unpaired) electrons. The summed E-state index contributed by atoms with van der Waals surface area (Å²) in [5.74, 6) is 0. The molecule has 2 heterocycles. The minimum Gasteiger partial charge on any atom is -0.395 e. The number of sulfone groups is 1. The molecule has 0 saturated heterocycles. The molecule has 7 heteroatoms. The fourth-order valence-electron chi connectivity index (χ4n) is 9.19. The number of aliphatic hydroxyl groups excluding tert-OH is 2. The lowest BCUT2D eigenvalue weighted by atomic mass is 9.79. The Bertz CT molecular complexity index is 2590. The zero-order valence-corrected chi connectivity index (χ0v) is 32.2. The van der Waals surface area contributed by atoms with Gasteiger partial charge in [0.15, 0.2) is 12.3 Å². The van der Waals surface area contributed by atoms with Gasteiger partial charge in [-0.15, -0.1) is 0 Å². The summed E-state index contributed by atoms with van der Waals surface area (Å²) in [6.45, 7) is 9.67. The predicted octanol–water partition coefficient (Wildman–Crippen LogP) is 9.04. The van der Waals surface area contributed by atoms with E-state index in [0.717, 1.165) is 44.7 Å². The third-order valence-electron chi connectivity index (χ3n) is 11.6. The van der Waals surface area contributed by atoms with Crippen molar-refractivity contribution in [1.29, 1.82) is 0 Å². The molecule has 5 aromatic carbocycles. The van der Waals surface area contributed by atoms with Crippen molar-refractivity contribution >= 4 is 48.5 Å². The van der Waals surface area contributed by atoms with Crippen LogP contribution in [0.5, 0.6) is 0 Å². The number of fused-ring (bicyclic) bond motifs is 6. The Morgan fingerprint density at radius 2 is 1.35 bits per heavy atom. The van der Waals surface area contributed by atoms with Crippen molar-refractivity contribution in [2.75, 3.05) is 31.2 Å². The standard InChI is InChI=1S/C47H47N2O4S/c1-46(2)41(48(28-30-50)39-24-20-32-12-8-10-16-37(32)43(39)46)26-22-34-18-19-35(45(34)54(52,53)36-14-6-5-7-15-36)23-27-42-47(3,4)44-38-17-11-9-13-33(38)21-25-40(44)49(42)29-31-51/h5-17,20-27,50-51H,18-19,28-31H2,1-4H3/q+1. The average Bonchev–Trinajstić information content (AvgIpc) is 3.76. The number of allylic oxidation sites excluding steroid dienone is 7. The van der Waals surface area contributed by atoms with E-state index in [0.29, 0.717) is 30.8 Å². The van der Waals surface area contributed by atoms with E-state index in [2.05, 4.69) is 110 Å². The van der Waals surface area contributed by atoms with Crippen molar-refractivity contribution in [3.63, 3.8) is 0 Å². The van der Waals surface area contributed by atoms with Crippen LogP contribution < -0.4 is 4.90 Å². The van der Waals surface area contributed by atoms with Gasteiger partial charge in [0, 0.05) is 41.1 Å². The highest BCUT2D eigenvalue weighted by molar-refractivity contribution is 7.95. The molecule has 6 nitrogen and oxygen atoms in total. The highest BCUT2D eigenvalue weighted by atomic mass is 32.2. The van der Waals surface area contributed by atoms with Crippen LogP contribution in [0.3, 0.4) is 0 Å². The summed E-state index contributed by atoms with van der Waals surface area (Å²) in [5, 5.41) is 25.1. The molecule has 0 atom stereocenters. The number of aliphatic hydroxyl groups is 2. The molecule has 0 aromatic heterocycles. The lowest BCUT2D eigenvalue weighted by Crippen LogP contribution is -2.28. The predicted molar refractivity (Wildman–Crippen MR) is 220 cm³/mol. The number of rotatable bonds is 9. The summed E-state index contributed by atoms with van der Waals surface area (Å²) in [6.07, 6.45) is 9.30. The van der Waals surface area contributed by atoms with Gasteiger partial charge in [-0.1, -0.05) is 98.8 Å². The first-order valence-electron chi connectivity index (χ1n) is 18.8. The number of anilines is 1. The Labute approximate surface area is 318 Å². The first kappa shape index (κ1) is 35.9. The van der Waals surface area contributed by atoms with Gasteiger partial charge in [0.05, 0.1) is 21.8 Å². The maximum atomic E-state index is 14.6. The van der Waals surface area contributed by atoms with E-state index < -0.39 is 20.7 Å². The number of β-amino-alcohol motifs (C(OH)–C–C–N with tert-alkyl or cyclic N) is 2. The topological polar surface area (TPSA) is 80.8 Å². The van der Waals surface area contributed by atoms with Crippen LogP contribution in [0.15, 0.2) is 154 Å². The van der Waals surface area contributed by atoms with Crippen LogP contribution in [0, 0.1) is 0 Å². The van der Waals surface area contributed by atoms with Gasteiger partial charge in [-0.25, -0.2) is 8.42 Å². The number of hydrogen-bond donors (Lipinski definition) is 2. The molecule has 8 rings (SSSR count). The summed E-state index contributed by atoms with van der Waals surface area (Å²) >= 11 is 0. The monoisotopic (exact) mass is 735 g/mol. The summed E-state index contributed by atoms with van der Waals surface area (Å²) in [7, 11) is -3.88. The molecule has 0 fully saturated rings. The van der Waals surface area contributed by atoms with E-state index in [9.17, 15) is 18.6 Å². The number of benzene rings is 5. The maximum Gasteiger partial charge on any atom is 0.210 e. The largest absolute Gasteiger partial charge is 0.395 e. The highest BCUT2D eigenvalue weighted by Crippen LogP contribution is 2.51. The van der Waals surface area contributed by atoms with Gasteiger partial charge in [0.2, 0.25) is 15.5 Å². The Morgan fingerprint density at radius 1 is 0.704 bits per heavy atom. The summed E-state index contributed by atoms with van der Waals surface area (Å²) < 4.78 is 31.5. The number of nitrogens with zero attached hydrogens (tertiary/aromatic N) is 2. The molecule has 2 N–H and O–H groups in total. The molecule has 1 aliphatic carbocycles. The van der Waals surface area contributed by atoms with Crippen molar-refractivity contribution in [2.24, 2.45) is 0 Å². The van der Waals surface area contributed by atoms with Crippen LogP contribution in [0.2, 0.25) is 0 Å². The molecular weight excluding hydrogens is 689 g/mol. The third kappa shape index (κ3) is 5.69. The molecule has 54 heavy (non-hydrogen) atoms. The highest BCUT2D eigenvalue weighted by Gasteiger charge is 2.46. The minimum absolute atomic E-state index is 0.0130. The second kappa shape index (κ2) is 13.6. The van der Waals surface area contributed by atoms with Gasteiger partial charge in [-0.05, 0) is 95.3 Å². The van der Waals surface area contributed by atoms with E-state index in [1.54, 1.807) is 24.3 Å². The fraction of sp³-hybridized carbons (Fsp3) is 0.255. The lowest BCUT2D eigenvalue weighted by Gasteiger charge is -2.26. The Hall–Kier alpha value is -5.08. The summed E-state index contributed by atoms with van der Waals surface area (Å²) in [4.78, 5) is 2.80. The SMILES string of the molecule is CC1(C)C(/C=C/C2=C(S(=O)(=O)c3ccccc3)C(=C/C=C3/N(CCO)c4ccc5ccccc5c4C3(C)C)/CC2)=[N+](CCO)c2ccc3ccccc3c21. The van der Waals surface area contributed by atoms with Crippen LogP contribution >= 0.6 is 0 Å². The number of hydrogen-bond acceptors (Lipinski definition) is 5. The molecular formula is C47H47N2O4S+. The van der Waals surface area contributed by atoms with Crippen molar-refractivity contribution in [1.82, 2.24) is 0 Å². The normalized spacial score (nSPS) is 19.3. The molecule has 0 saturated carbocycles. The van der Waals surface area contributed by atoms with Gasteiger partial charge in [-0.2, -0.15) is 4.58 Å². The first-order valence-corrected chi connectivity index (χ1v) is 20.3. The molecule has 274 valence electrons. The quantitative estimate of drug-likeness (QED) is 0.148. The molecule has 0 amide bonds. The summed E-state index contributed by atoms with van der Waals surface area (Å²) in [6, 6.07) is 34.0. The third-order valence-corrected chi connectivity index (χ3v) is 13.6. The van der Waals surface area contributed by atoms with Gasteiger partial charge < -0.3 is 15.1 Å². The molecule has 5 aromatic rings. The first-order chi connectivity index (χ1) is 26.0. The molecule has 2 aliphatic heterocycles. The van der Waals surface area contributed by atoms with Crippen molar-refractivity contribution < 1.29 is 23.2 Å². The van der Waals surface area contributed by atoms with E-state index in [-0.39, 0.29) is 18.1 Å². The smallest absolute Gasteiger partial charge is 0.210 e. The van der Waals surface area contributed by atoms with E-state index >= 15 is 0 Å². The Kier molecular flexibility index (Phi) is 9.08. The van der Waals surface area contributed by atoms with Gasteiger partial charge in [-0.3, -0.25) is 0 Å². The van der Waals surface area contributed by atoms with Crippen molar-refractivity contribution in [2.45, 2.75) is 56.3 Å². The van der Waals surface area contributed by atoms with E-state index in [1.165, 1.54) is 21.9 Å². The Balaban J connectivity index is 1.27. The fourth-order valence-corrected chi connectivity index (χ4v) is 11.0. The van der Waals surface area contributed by atoms with Crippen LogP contribution in [-0.4, -0.2) is 55.2 Å². The van der Waals surface area contributed by atoms with E-state index in [1.807, 2.05) is 30.4 Å². The average molecular weight is 736 g/mol. The maximum absolute atomic E-state index is 14.6. The zero-order valence-electron chi connectivity index (χ0n) is 31.4. The summed E-state index contributed by atoms with van der Waals surface area (Å²) in [5.41, 5.74) is 7.32. The van der Waals surface area contributed by atoms with Crippen molar-refractivity contribution in [3.8, 4) is 0 Å². The minimum atomic E-state index is -3.88. The van der Waals surface area contributed by atoms with Crippen LogP contribution in [0.25, 0.3) is 21.5 Å². The van der Waals surface area contributed by atoms with Crippen LogP contribution in [0.1, 0.15) is 51.7 Å². The van der Waals surface area contributed by atoms with Gasteiger partial charge in [0.1, 0.15) is 6.61 Å². The van der Waals surface area contributed by atoms with Gasteiger partial charge in [0.25, 0.3) is 0 Å². The molecule has 3 aliphatic rings. The molecule has 0 unspecified atom stereocenters. The second-order valence-electron chi connectivity index (χ2n) is 15.5. The molecule has 0 bridgehead atoms. The second-order valence-corrected chi connectivity index (χ2v) is 17.4. The molecule has 0 spiro atoms. The van der Waals surface area contributed by atoms with E-state index in [4.69, 9.17) is 0 Å². The van der Waals surface area contributed by atoms with Crippen LogP contribution in [-0.2, 0) is 20.7 Å². The lowest BCUT2D eigenvalue weighted by molar-refractivity contribution is -0.440. The van der Waals surface area contributed by atoms with Crippen LogP contribution in [0.4, 0.5) is 11.4 Å².